The molecule has 2 aromatic carbocycles. The van der Waals surface area contributed by atoms with E-state index in [0.29, 0.717) is 13.2 Å². The molecule has 0 aliphatic carbocycles. The molecule has 0 radical (unpaired) electrons. The van der Waals surface area contributed by atoms with Crippen LogP contribution >= 0.6 is 31.9 Å². The number of benzene rings is 2. The third-order valence-corrected chi connectivity index (χ3v) is 3.45. The Bertz CT molecular complexity index is 555. The zero-order valence-electron chi connectivity index (χ0n) is 10.8. The van der Waals surface area contributed by atoms with Crippen LogP contribution in [0.3, 0.4) is 0 Å². The number of fused-ring (bicyclic) bond motifs is 1. The fourth-order valence-electron chi connectivity index (χ4n) is 2.05. The van der Waals surface area contributed by atoms with Crippen molar-refractivity contribution in [2.45, 2.75) is 6.92 Å². The summed E-state index contributed by atoms with van der Waals surface area (Å²) < 4.78 is 11.6. The maximum Gasteiger partial charge on any atom is 0.130 e. The summed E-state index contributed by atoms with van der Waals surface area (Å²) in [6.45, 7) is 3.37. The van der Waals surface area contributed by atoms with Crippen molar-refractivity contribution in [1.82, 2.24) is 0 Å². The second kappa shape index (κ2) is 7.15. The van der Waals surface area contributed by atoms with Crippen molar-refractivity contribution < 1.29 is 9.47 Å². The Hall–Kier alpha value is -0.740. The zero-order valence-corrected chi connectivity index (χ0v) is 14.0. The Morgan fingerprint density at radius 1 is 0.947 bits per heavy atom. The Morgan fingerprint density at radius 2 is 1.58 bits per heavy atom. The number of halogens is 2. The van der Waals surface area contributed by atoms with Gasteiger partial charge in [-0.3, -0.25) is 0 Å². The Labute approximate surface area is 130 Å². The Kier molecular flexibility index (Phi) is 5.52. The fourth-order valence-corrected chi connectivity index (χ4v) is 2.37. The minimum absolute atomic E-state index is 0.658. The molecule has 102 valence electrons. The largest absolute Gasteiger partial charge is 0.492 e. The summed E-state index contributed by atoms with van der Waals surface area (Å²) >= 11 is 6.77. The van der Waals surface area contributed by atoms with Gasteiger partial charge in [0, 0.05) is 21.4 Å². The summed E-state index contributed by atoms with van der Waals surface area (Å²) in [6, 6.07) is 10.2. The van der Waals surface area contributed by atoms with Crippen LogP contribution in [0, 0.1) is 6.92 Å². The highest BCUT2D eigenvalue weighted by Gasteiger charge is 2.11. The molecule has 2 aromatic rings. The zero-order chi connectivity index (χ0) is 13.7. The molecule has 19 heavy (non-hydrogen) atoms. The highest BCUT2D eigenvalue weighted by atomic mass is 79.9. The highest BCUT2D eigenvalue weighted by molar-refractivity contribution is 9.09. The van der Waals surface area contributed by atoms with Crippen molar-refractivity contribution in [2.24, 2.45) is 0 Å². The number of aryl methyl sites for hydroxylation is 1. The van der Waals surface area contributed by atoms with Crippen LogP contribution in [0.4, 0.5) is 0 Å². The van der Waals surface area contributed by atoms with Gasteiger partial charge >= 0.3 is 0 Å². The second-order valence-corrected chi connectivity index (χ2v) is 5.73. The lowest BCUT2D eigenvalue weighted by molar-refractivity contribution is 0.339. The van der Waals surface area contributed by atoms with Gasteiger partial charge in [0.25, 0.3) is 0 Å². The van der Waals surface area contributed by atoms with Gasteiger partial charge in [0.15, 0.2) is 0 Å². The van der Waals surface area contributed by atoms with Crippen molar-refractivity contribution in [3.8, 4) is 11.5 Å². The van der Waals surface area contributed by atoms with Crippen molar-refractivity contribution >= 4 is 42.6 Å². The van der Waals surface area contributed by atoms with Crippen molar-refractivity contribution in [3.05, 3.63) is 35.9 Å². The molecule has 0 unspecified atom stereocenters. The van der Waals surface area contributed by atoms with Gasteiger partial charge in [-0.05, 0) is 18.6 Å². The molecule has 0 saturated carbocycles. The summed E-state index contributed by atoms with van der Waals surface area (Å²) in [6.07, 6.45) is 0. The van der Waals surface area contributed by atoms with E-state index in [2.05, 4.69) is 57.0 Å². The highest BCUT2D eigenvalue weighted by Crippen LogP contribution is 2.36. The van der Waals surface area contributed by atoms with Gasteiger partial charge < -0.3 is 9.47 Å². The van der Waals surface area contributed by atoms with E-state index in [-0.39, 0.29) is 0 Å². The molecule has 2 rings (SSSR count). The molecule has 0 heterocycles. The predicted molar refractivity (Wildman–Crippen MR) is 87.3 cm³/mol. The van der Waals surface area contributed by atoms with E-state index in [4.69, 9.17) is 9.47 Å². The number of rotatable bonds is 6. The molecule has 0 aliphatic heterocycles. The van der Waals surface area contributed by atoms with Crippen LogP contribution in [0.15, 0.2) is 30.3 Å². The van der Waals surface area contributed by atoms with E-state index in [9.17, 15) is 0 Å². The van der Waals surface area contributed by atoms with E-state index in [1.807, 2.05) is 12.1 Å². The smallest absolute Gasteiger partial charge is 0.130 e. The third-order valence-electron chi connectivity index (χ3n) is 2.80. The average Bonchev–Trinajstić information content (AvgIpc) is 2.44. The first-order valence-electron chi connectivity index (χ1n) is 6.17. The molecule has 0 fully saturated rings. The van der Waals surface area contributed by atoms with Gasteiger partial charge in [0.05, 0.1) is 13.2 Å². The van der Waals surface area contributed by atoms with Crippen LogP contribution in [0.2, 0.25) is 0 Å². The lowest BCUT2D eigenvalue weighted by Gasteiger charge is -2.15. The van der Waals surface area contributed by atoms with Crippen LogP contribution in [-0.2, 0) is 0 Å². The fraction of sp³-hybridized carbons (Fsp3) is 0.333. The van der Waals surface area contributed by atoms with Gasteiger partial charge in [-0.1, -0.05) is 56.1 Å². The maximum absolute atomic E-state index is 5.85. The topological polar surface area (TPSA) is 18.5 Å². The molecule has 2 nitrogen and oxygen atoms in total. The molecular weight excluding hydrogens is 372 g/mol. The second-order valence-electron chi connectivity index (χ2n) is 4.14. The lowest BCUT2D eigenvalue weighted by Crippen LogP contribution is -2.03. The summed E-state index contributed by atoms with van der Waals surface area (Å²) in [5.74, 6) is 1.86. The van der Waals surface area contributed by atoms with Gasteiger partial charge in [0.2, 0.25) is 0 Å². The van der Waals surface area contributed by atoms with E-state index in [1.165, 1.54) is 0 Å². The molecule has 0 N–H and O–H groups in total. The molecule has 0 saturated heterocycles. The van der Waals surface area contributed by atoms with E-state index >= 15 is 0 Å². The van der Waals surface area contributed by atoms with Crippen LogP contribution in [0.5, 0.6) is 11.5 Å². The minimum Gasteiger partial charge on any atom is -0.492 e. The van der Waals surface area contributed by atoms with Crippen molar-refractivity contribution in [2.75, 3.05) is 23.9 Å². The molecule has 0 atom stereocenters. The minimum atomic E-state index is 0.658. The molecule has 0 aliphatic rings. The van der Waals surface area contributed by atoms with Crippen LogP contribution in [0.1, 0.15) is 5.56 Å². The molecule has 0 bridgehead atoms. The summed E-state index contributed by atoms with van der Waals surface area (Å²) in [5.41, 5.74) is 1.10. The first-order valence-corrected chi connectivity index (χ1v) is 8.42. The number of alkyl halides is 2. The monoisotopic (exact) mass is 386 g/mol. The van der Waals surface area contributed by atoms with Crippen LogP contribution < -0.4 is 9.47 Å². The van der Waals surface area contributed by atoms with Crippen molar-refractivity contribution in [3.63, 3.8) is 0 Å². The molecular formula is C15H16Br2O2. The number of hydrogen-bond acceptors (Lipinski definition) is 2. The summed E-state index contributed by atoms with van der Waals surface area (Å²) in [7, 11) is 0. The van der Waals surface area contributed by atoms with Crippen molar-refractivity contribution in [1.29, 1.82) is 0 Å². The molecule has 4 heteroatoms. The Balaban J connectivity index is 2.49. The quantitative estimate of drug-likeness (QED) is 0.669. The van der Waals surface area contributed by atoms with Gasteiger partial charge in [-0.25, -0.2) is 0 Å². The van der Waals surface area contributed by atoms with E-state index in [1.54, 1.807) is 0 Å². The molecule has 0 amide bonds. The standard InChI is InChI=1S/C15H16Br2O2/c1-11-10-14(18-8-6-16)12-4-2-3-5-13(12)15(11)19-9-7-17/h2-5,10H,6-9H2,1H3. The predicted octanol–water partition coefficient (Wildman–Crippen LogP) is 4.70. The Morgan fingerprint density at radius 3 is 2.26 bits per heavy atom. The van der Waals surface area contributed by atoms with Gasteiger partial charge in [-0.15, -0.1) is 0 Å². The molecule has 0 aromatic heterocycles. The van der Waals surface area contributed by atoms with Gasteiger partial charge in [-0.2, -0.15) is 0 Å². The number of ether oxygens (including phenoxy) is 2. The van der Waals surface area contributed by atoms with E-state index in [0.717, 1.165) is 38.5 Å². The summed E-state index contributed by atoms with van der Waals surface area (Å²) in [4.78, 5) is 0. The SMILES string of the molecule is Cc1cc(OCCBr)c2ccccc2c1OCCBr. The maximum atomic E-state index is 5.85. The third kappa shape index (κ3) is 3.42. The van der Waals surface area contributed by atoms with Crippen LogP contribution in [0.25, 0.3) is 10.8 Å². The first kappa shape index (κ1) is 14.7. The molecule has 0 spiro atoms. The summed E-state index contributed by atoms with van der Waals surface area (Å²) in [5, 5.41) is 3.84. The van der Waals surface area contributed by atoms with Crippen LogP contribution in [-0.4, -0.2) is 23.9 Å². The average molecular weight is 388 g/mol. The lowest BCUT2D eigenvalue weighted by atomic mass is 10.0. The van der Waals surface area contributed by atoms with Gasteiger partial charge in [0.1, 0.15) is 11.5 Å². The van der Waals surface area contributed by atoms with E-state index < -0.39 is 0 Å². The first-order chi connectivity index (χ1) is 9.27. The number of hydrogen-bond donors (Lipinski definition) is 0. The normalized spacial score (nSPS) is 10.7.